The fourth-order valence-corrected chi connectivity index (χ4v) is 2.84. The lowest BCUT2D eigenvalue weighted by Gasteiger charge is -2.36. The lowest BCUT2D eigenvalue weighted by atomic mass is 10.1. The summed E-state index contributed by atoms with van der Waals surface area (Å²) < 4.78 is 21.6. The summed E-state index contributed by atoms with van der Waals surface area (Å²) in [6.45, 7) is 4.95. The zero-order valence-electron chi connectivity index (χ0n) is 14.8. The number of ether oxygens (including phenoxy) is 3. The van der Waals surface area contributed by atoms with E-state index in [1.165, 1.54) is 0 Å². The van der Waals surface area contributed by atoms with Crippen LogP contribution in [0.3, 0.4) is 0 Å². The quantitative estimate of drug-likeness (QED) is 0.847. The summed E-state index contributed by atoms with van der Waals surface area (Å²) >= 11 is 0. The van der Waals surface area contributed by atoms with Crippen molar-refractivity contribution in [3.63, 3.8) is 0 Å². The lowest BCUT2D eigenvalue weighted by molar-refractivity contribution is -0.0390. The number of carbonyl (C=O) groups is 1. The largest absolute Gasteiger partial charge is 0.497 e. The van der Waals surface area contributed by atoms with Gasteiger partial charge in [0.05, 0.1) is 38.5 Å². The average molecular weight is 346 g/mol. The Morgan fingerprint density at radius 1 is 1.24 bits per heavy atom. The second-order valence-corrected chi connectivity index (χ2v) is 6.09. The van der Waals surface area contributed by atoms with Crippen LogP contribution in [0.25, 0.3) is 11.3 Å². The second kappa shape index (κ2) is 7.14. The van der Waals surface area contributed by atoms with Crippen molar-refractivity contribution in [2.45, 2.75) is 26.0 Å². The van der Waals surface area contributed by atoms with Crippen molar-refractivity contribution in [2.24, 2.45) is 0 Å². The highest BCUT2D eigenvalue weighted by molar-refractivity contribution is 5.93. The van der Waals surface area contributed by atoms with Crippen molar-refractivity contribution < 1.29 is 23.5 Å². The van der Waals surface area contributed by atoms with Crippen LogP contribution < -0.4 is 9.47 Å². The Labute approximate surface area is 146 Å². The molecule has 2 aromatic rings. The van der Waals surface area contributed by atoms with Gasteiger partial charge in [-0.25, -0.2) is 0 Å². The number of nitrogens with zero attached hydrogens (tertiary/aromatic N) is 2. The van der Waals surface area contributed by atoms with Gasteiger partial charge in [0, 0.05) is 12.6 Å². The van der Waals surface area contributed by atoms with Gasteiger partial charge in [-0.15, -0.1) is 0 Å². The Balaban J connectivity index is 1.89. The van der Waals surface area contributed by atoms with Gasteiger partial charge >= 0.3 is 0 Å². The molecule has 1 fully saturated rings. The summed E-state index contributed by atoms with van der Waals surface area (Å²) in [5, 5.41) is 3.95. The van der Waals surface area contributed by atoms with Crippen LogP contribution in [-0.4, -0.2) is 55.5 Å². The number of amides is 1. The van der Waals surface area contributed by atoms with Gasteiger partial charge in [-0.1, -0.05) is 5.16 Å². The number of morpholine rings is 1. The Morgan fingerprint density at radius 2 is 2.04 bits per heavy atom. The highest BCUT2D eigenvalue weighted by atomic mass is 16.5. The molecule has 0 N–H and O–H groups in total. The summed E-state index contributed by atoms with van der Waals surface area (Å²) in [7, 11) is 3.16. The predicted octanol–water partition coefficient (Wildman–Crippen LogP) is 2.61. The predicted molar refractivity (Wildman–Crippen MR) is 91.0 cm³/mol. The van der Waals surface area contributed by atoms with Gasteiger partial charge in [0.1, 0.15) is 11.5 Å². The Hall–Kier alpha value is -2.54. The van der Waals surface area contributed by atoms with Gasteiger partial charge in [0.15, 0.2) is 11.5 Å². The molecule has 134 valence electrons. The molecule has 1 aliphatic heterocycles. The summed E-state index contributed by atoms with van der Waals surface area (Å²) in [5.41, 5.74) is 0.942. The monoisotopic (exact) mass is 346 g/mol. The first-order chi connectivity index (χ1) is 12.0. The number of carbonyl (C=O) groups excluding carboxylic acids is 1. The van der Waals surface area contributed by atoms with E-state index in [9.17, 15) is 4.79 Å². The van der Waals surface area contributed by atoms with Crippen molar-refractivity contribution in [3.8, 4) is 22.8 Å². The molecule has 2 atom stereocenters. The Morgan fingerprint density at radius 3 is 2.76 bits per heavy atom. The molecule has 0 aliphatic carbocycles. The average Bonchev–Trinajstić information content (AvgIpc) is 3.12. The molecule has 0 saturated carbocycles. The molecule has 25 heavy (non-hydrogen) atoms. The first-order valence-electron chi connectivity index (χ1n) is 8.15. The van der Waals surface area contributed by atoms with Gasteiger partial charge in [0.25, 0.3) is 5.91 Å². The maximum Gasteiger partial charge on any atom is 0.276 e. The highest BCUT2D eigenvalue weighted by Gasteiger charge is 2.30. The van der Waals surface area contributed by atoms with Crippen molar-refractivity contribution in [3.05, 3.63) is 30.0 Å². The molecular formula is C18H22N2O5. The summed E-state index contributed by atoms with van der Waals surface area (Å²) in [5.74, 6) is 1.56. The maximum absolute atomic E-state index is 12.8. The second-order valence-electron chi connectivity index (χ2n) is 6.09. The number of rotatable bonds is 4. The number of methoxy groups -OCH3 is 2. The van der Waals surface area contributed by atoms with Crippen LogP contribution in [0, 0.1) is 0 Å². The van der Waals surface area contributed by atoms with Gasteiger partial charge in [0.2, 0.25) is 0 Å². The lowest BCUT2D eigenvalue weighted by Crippen LogP contribution is -2.50. The van der Waals surface area contributed by atoms with Crippen LogP contribution in [0.2, 0.25) is 0 Å². The van der Waals surface area contributed by atoms with E-state index in [1.807, 2.05) is 13.8 Å². The van der Waals surface area contributed by atoms with Crippen LogP contribution in [0.5, 0.6) is 11.5 Å². The van der Waals surface area contributed by atoms with E-state index in [2.05, 4.69) is 5.16 Å². The van der Waals surface area contributed by atoms with E-state index in [0.717, 1.165) is 0 Å². The van der Waals surface area contributed by atoms with Crippen LogP contribution in [0.4, 0.5) is 0 Å². The number of hydrogen-bond acceptors (Lipinski definition) is 6. The van der Waals surface area contributed by atoms with Crippen LogP contribution in [-0.2, 0) is 4.74 Å². The molecule has 1 aliphatic rings. The molecule has 1 aromatic carbocycles. The van der Waals surface area contributed by atoms with Gasteiger partial charge in [-0.05, 0) is 32.0 Å². The minimum Gasteiger partial charge on any atom is -0.497 e. The maximum atomic E-state index is 12.8. The molecule has 1 saturated heterocycles. The Kier molecular flexibility index (Phi) is 4.94. The molecule has 7 heteroatoms. The zero-order valence-corrected chi connectivity index (χ0v) is 14.8. The smallest absolute Gasteiger partial charge is 0.276 e. The van der Waals surface area contributed by atoms with Gasteiger partial charge in [-0.3, -0.25) is 4.79 Å². The molecule has 2 heterocycles. The van der Waals surface area contributed by atoms with E-state index >= 15 is 0 Å². The van der Waals surface area contributed by atoms with Crippen molar-refractivity contribution in [1.29, 1.82) is 0 Å². The Bertz CT molecular complexity index is 758. The minimum atomic E-state index is -0.167. The standard InChI is InChI=1S/C18H22N2O5/c1-11-10-24-12(2)9-20(11)18(21)15-8-17(25-19-15)14-7-13(22-3)5-6-16(14)23-4/h5-8,11-12H,9-10H2,1-4H3/t11-,12-/m1/s1. The number of hydrogen-bond donors (Lipinski definition) is 0. The zero-order chi connectivity index (χ0) is 18.0. The summed E-state index contributed by atoms with van der Waals surface area (Å²) in [6.07, 6.45) is 0.00463. The third-order valence-corrected chi connectivity index (χ3v) is 4.27. The SMILES string of the molecule is COc1ccc(OC)c(-c2cc(C(=O)N3C[C@@H](C)OC[C@H]3C)no2)c1. The van der Waals surface area contributed by atoms with Crippen LogP contribution in [0.15, 0.2) is 28.8 Å². The normalized spacial score (nSPS) is 20.4. The first kappa shape index (κ1) is 17.3. The summed E-state index contributed by atoms with van der Waals surface area (Å²) in [4.78, 5) is 14.5. The number of aromatic nitrogens is 1. The third kappa shape index (κ3) is 3.46. The molecule has 1 aromatic heterocycles. The third-order valence-electron chi connectivity index (χ3n) is 4.27. The number of benzene rings is 1. The molecule has 0 bridgehead atoms. The fourth-order valence-electron chi connectivity index (χ4n) is 2.84. The summed E-state index contributed by atoms with van der Waals surface area (Å²) in [6, 6.07) is 6.99. The van der Waals surface area contributed by atoms with Crippen LogP contribution >= 0.6 is 0 Å². The van der Waals surface area contributed by atoms with E-state index in [1.54, 1.807) is 43.4 Å². The minimum absolute atomic E-state index is 0.00444. The van der Waals surface area contributed by atoms with E-state index in [4.69, 9.17) is 18.7 Å². The van der Waals surface area contributed by atoms with Gasteiger partial charge in [-0.2, -0.15) is 0 Å². The molecule has 1 amide bonds. The molecule has 7 nitrogen and oxygen atoms in total. The van der Waals surface area contributed by atoms with Gasteiger partial charge < -0.3 is 23.6 Å². The molecule has 0 unspecified atom stereocenters. The molecule has 3 rings (SSSR count). The van der Waals surface area contributed by atoms with E-state index < -0.39 is 0 Å². The first-order valence-corrected chi connectivity index (χ1v) is 8.15. The van der Waals surface area contributed by atoms with Crippen molar-refractivity contribution >= 4 is 5.91 Å². The van der Waals surface area contributed by atoms with Crippen LogP contribution in [0.1, 0.15) is 24.3 Å². The van der Waals surface area contributed by atoms with E-state index in [-0.39, 0.29) is 23.7 Å². The molecule has 0 spiro atoms. The fraction of sp³-hybridized carbons (Fsp3) is 0.444. The molecular weight excluding hydrogens is 324 g/mol. The van der Waals surface area contributed by atoms with E-state index in [0.29, 0.717) is 36.0 Å². The topological polar surface area (TPSA) is 74.0 Å². The highest BCUT2D eigenvalue weighted by Crippen LogP contribution is 2.34. The van der Waals surface area contributed by atoms with Crippen molar-refractivity contribution in [1.82, 2.24) is 10.1 Å². The van der Waals surface area contributed by atoms with Crippen molar-refractivity contribution in [2.75, 3.05) is 27.4 Å². The molecule has 0 radical (unpaired) electrons.